The number of rotatable bonds is 7. The van der Waals surface area contributed by atoms with Crippen molar-refractivity contribution in [2.75, 3.05) is 5.75 Å². The van der Waals surface area contributed by atoms with E-state index in [0.29, 0.717) is 18.1 Å². The lowest BCUT2D eigenvalue weighted by atomic mass is 10.4. The van der Waals surface area contributed by atoms with Gasteiger partial charge in [0.15, 0.2) is 0 Å². The van der Waals surface area contributed by atoms with Gasteiger partial charge in [-0.3, -0.25) is 9.59 Å². The van der Waals surface area contributed by atoms with Crippen molar-refractivity contribution in [3.63, 3.8) is 0 Å². The molecule has 1 aromatic heterocycles. The maximum absolute atomic E-state index is 11.6. The molecule has 0 bridgehead atoms. The molecule has 1 aromatic rings. The second kappa shape index (κ2) is 7.01. The molecule has 1 amide bonds. The highest BCUT2D eigenvalue weighted by atomic mass is 32.2. The van der Waals surface area contributed by atoms with Crippen molar-refractivity contribution < 1.29 is 19.1 Å². The predicted molar refractivity (Wildman–Crippen MR) is 64.7 cm³/mol. The lowest BCUT2D eigenvalue weighted by Gasteiger charge is -2.10. The van der Waals surface area contributed by atoms with Crippen LogP contribution in [0.2, 0.25) is 0 Å². The normalized spacial score (nSPS) is 12.1. The Balaban J connectivity index is 2.20. The summed E-state index contributed by atoms with van der Waals surface area (Å²) in [6.45, 7) is 2.11. The van der Waals surface area contributed by atoms with E-state index >= 15 is 0 Å². The van der Waals surface area contributed by atoms with Crippen molar-refractivity contribution in [2.45, 2.75) is 25.1 Å². The van der Waals surface area contributed by atoms with Crippen LogP contribution in [-0.2, 0) is 16.1 Å². The number of amides is 1. The highest BCUT2D eigenvalue weighted by Gasteiger charge is 2.13. The van der Waals surface area contributed by atoms with Gasteiger partial charge in [-0.25, -0.2) is 0 Å². The molecule has 1 heterocycles. The summed E-state index contributed by atoms with van der Waals surface area (Å²) in [6.07, 6.45) is 1.62. The van der Waals surface area contributed by atoms with Crippen LogP contribution in [0.5, 0.6) is 0 Å². The first-order valence-electron chi connectivity index (χ1n) is 5.23. The van der Waals surface area contributed by atoms with Gasteiger partial charge in [0.2, 0.25) is 5.91 Å². The standard InChI is InChI=1S/C11H15NO4S/c1-8(17-6-4-10(13)14)11(15)12-7-9-3-2-5-16-9/h2-3,5,8H,4,6-7H2,1H3,(H,12,15)(H,13,14). The number of thioether (sulfide) groups is 1. The largest absolute Gasteiger partial charge is 0.481 e. The summed E-state index contributed by atoms with van der Waals surface area (Å²) in [5.74, 6) is 0.170. The number of hydrogen-bond donors (Lipinski definition) is 2. The monoisotopic (exact) mass is 257 g/mol. The van der Waals surface area contributed by atoms with Gasteiger partial charge in [-0.05, 0) is 19.1 Å². The molecule has 0 aromatic carbocycles. The molecule has 5 nitrogen and oxygen atoms in total. The van der Waals surface area contributed by atoms with Crippen LogP contribution in [0.15, 0.2) is 22.8 Å². The number of aliphatic carboxylic acids is 1. The van der Waals surface area contributed by atoms with Crippen LogP contribution in [0, 0.1) is 0 Å². The van der Waals surface area contributed by atoms with Crippen molar-refractivity contribution in [1.29, 1.82) is 0 Å². The van der Waals surface area contributed by atoms with Crippen LogP contribution in [0.3, 0.4) is 0 Å². The molecule has 0 fully saturated rings. The Labute approximate surface area is 104 Å². The Bertz CT molecular complexity index is 364. The summed E-state index contributed by atoms with van der Waals surface area (Å²) >= 11 is 1.33. The molecule has 94 valence electrons. The number of hydrogen-bond acceptors (Lipinski definition) is 4. The van der Waals surface area contributed by atoms with Gasteiger partial charge in [0.05, 0.1) is 24.5 Å². The fourth-order valence-electron chi connectivity index (χ4n) is 1.13. The molecule has 1 unspecified atom stereocenters. The minimum atomic E-state index is -0.847. The zero-order chi connectivity index (χ0) is 12.7. The van der Waals surface area contributed by atoms with Crippen LogP contribution < -0.4 is 5.32 Å². The fourth-order valence-corrected chi connectivity index (χ4v) is 2.01. The van der Waals surface area contributed by atoms with Gasteiger partial charge in [-0.1, -0.05) is 0 Å². The van der Waals surface area contributed by atoms with E-state index < -0.39 is 5.97 Å². The Kier molecular flexibility index (Phi) is 5.62. The Morgan fingerprint density at radius 1 is 1.59 bits per heavy atom. The van der Waals surface area contributed by atoms with E-state index in [-0.39, 0.29) is 17.6 Å². The molecule has 17 heavy (non-hydrogen) atoms. The van der Waals surface area contributed by atoms with E-state index in [0.717, 1.165) is 0 Å². The zero-order valence-corrected chi connectivity index (χ0v) is 10.3. The smallest absolute Gasteiger partial charge is 0.304 e. The minimum absolute atomic E-state index is 0.0699. The summed E-state index contributed by atoms with van der Waals surface area (Å²) in [7, 11) is 0. The van der Waals surface area contributed by atoms with Crippen LogP contribution in [0.1, 0.15) is 19.1 Å². The molecule has 2 N–H and O–H groups in total. The number of furan rings is 1. The Morgan fingerprint density at radius 3 is 2.94 bits per heavy atom. The topological polar surface area (TPSA) is 79.5 Å². The van der Waals surface area contributed by atoms with Gasteiger partial charge in [0.1, 0.15) is 5.76 Å². The predicted octanol–water partition coefficient (Wildman–Crippen LogP) is 1.49. The lowest BCUT2D eigenvalue weighted by Crippen LogP contribution is -2.30. The molecule has 0 aliphatic rings. The van der Waals surface area contributed by atoms with E-state index in [1.807, 2.05) is 0 Å². The number of carbonyl (C=O) groups is 2. The van der Waals surface area contributed by atoms with Crippen LogP contribution >= 0.6 is 11.8 Å². The molecule has 6 heteroatoms. The first kappa shape index (κ1) is 13.6. The van der Waals surface area contributed by atoms with Crippen LogP contribution in [-0.4, -0.2) is 28.0 Å². The zero-order valence-electron chi connectivity index (χ0n) is 9.51. The van der Waals surface area contributed by atoms with Gasteiger partial charge >= 0.3 is 5.97 Å². The average Bonchev–Trinajstić information content (AvgIpc) is 2.78. The van der Waals surface area contributed by atoms with Crippen molar-refractivity contribution in [3.8, 4) is 0 Å². The second-order valence-corrected chi connectivity index (χ2v) is 4.90. The summed E-state index contributed by atoms with van der Waals surface area (Å²) < 4.78 is 5.08. The van der Waals surface area contributed by atoms with Crippen molar-refractivity contribution in [2.24, 2.45) is 0 Å². The van der Waals surface area contributed by atoms with Crippen molar-refractivity contribution in [3.05, 3.63) is 24.2 Å². The molecule has 1 rings (SSSR count). The van der Waals surface area contributed by atoms with E-state index in [4.69, 9.17) is 9.52 Å². The molecule has 1 atom stereocenters. The average molecular weight is 257 g/mol. The van der Waals surface area contributed by atoms with E-state index in [1.54, 1.807) is 25.3 Å². The quantitative estimate of drug-likeness (QED) is 0.773. The summed E-state index contributed by atoms with van der Waals surface area (Å²) in [5, 5.41) is 10.9. The molecular weight excluding hydrogens is 242 g/mol. The first-order chi connectivity index (χ1) is 8.09. The molecule has 0 saturated heterocycles. The summed E-state index contributed by atoms with van der Waals surface area (Å²) in [5.41, 5.74) is 0. The Morgan fingerprint density at radius 2 is 2.35 bits per heavy atom. The van der Waals surface area contributed by atoms with Crippen molar-refractivity contribution >= 4 is 23.6 Å². The van der Waals surface area contributed by atoms with Gasteiger partial charge in [0.25, 0.3) is 0 Å². The van der Waals surface area contributed by atoms with E-state index in [1.165, 1.54) is 11.8 Å². The highest BCUT2D eigenvalue weighted by molar-refractivity contribution is 8.00. The van der Waals surface area contributed by atoms with Crippen LogP contribution in [0.25, 0.3) is 0 Å². The van der Waals surface area contributed by atoms with E-state index in [9.17, 15) is 9.59 Å². The van der Waals surface area contributed by atoms with Crippen molar-refractivity contribution in [1.82, 2.24) is 5.32 Å². The molecule has 0 aliphatic heterocycles. The lowest BCUT2D eigenvalue weighted by molar-refractivity contribution is -0.136. The Hall–Kier alpha value is -1.43. The first-order valence-corrected chi connectivity index (χ1v) is 6.28. The number of carboxylic acid groups (broad SMARTS) is 1. The van der Waals surface area contributed by atoms with Crippen LogP contribution in [0.4, 0.5) is 0 Å². The van der Waals surface area contributed by atoms with Gasteiger partial charge in [0, 0.05) is 5.75 Å². The highest BCUT2D eigenvalue weighted by Crippen LogP contribution is 2.12. The molecule has 0 aliphatic carbocycles. The maximum atomic E-state index is 11.6. The van der Waals surface area contributed by atoms with Gasteiger partial charge in [-0.2, -0.15) is 0 Å². The van der Waals surface area contributed by atoms with Gasteiger partial charge in [-0.15, -0.1) is 11.8 Å². The fraction of sp³-hybridized carbons (Fsp3) is 0.455. The minimum Gasteiger partial charge on any atom is -0.481 e. The summed E-state index contributed by atoms with van der Waals surface area (Å²) in [6, 6.07) is 3.54. The number of nitrogens with one attached hydrogen (secondary N) is 1. The van der Waals surface area contributed by atoms with Gasteiger partial charge < -0.3 is 14.8 Å². The molecule has 0 radical (unpaired) electrons. The third-order valence-corrected chi connectivity index (χ3v) is 3.22. The second-order valence-electron chi connectivity index (χ2n) is 3.45. The SMILES string of the molecule is CC(SCCC(=O)O)C(=O)NCc1ccco1. The molecule has 0 spiro atoms. The summed E-state index contributed by atoms with van der Waals surface area (Å²) in [4.78, 5) is 21.9. The third kappa shape index (κ3) is 5.44. The third-order valence-electron chi connectivity index (χ3n) is 2.07. The number of carboxylic acids is 1. The van der Waals surface area contributed by atoms with E-state index in [2.05, 4.69) is 5.32 Å². The molecular formula is C11H15NO4S. The number of carbonyl (C=O) groups excluding carboxylic acids is 1. The maximum Gasteiger partial charge on any atom is 0.304 e. The molecule has 0 saturated carbocycles.